The number of amides is 1. The molecule has 0 atom stereocenters. The first-order chi connectivity index (χ1) is 14.9. The predicted molar refractivity (Wildman–Crippen MR) is 124 cm³/mol. The Labute approximate surface area is 186 Å². The third kappa shape index (κ3) is 12.6. The zero-order valence-electron chi connectivity index (χ0n) is 19.4. The molecule has 0 N–H and O–H groups in total. The van der Waals surface area contributed by atoms with E-state index in [1.54, 1.807) is 6.07 Å². The van der Waals surface area contributed by atoms with E-state index in [0.29, 0.717) is 18.7 Å². The molecule has 0 aromatic heterocycles. The number of carbonyl (C=O) groups excluding carboxylic acids is 1. The number of benzene rings is 1. The Morgan fingerprint density at radius 3 is 1.87 bits per heavy atom. The molecule has 0 fully saturated rings. The van der Waals surface area contributed by atoms with E-state index >= 15 is 0 Å². The second-order valence-electron chi connectivity index (χ2n) is 8.32. The van der Waals surface area contributed by atoms with Crippen LogP contribution in [0.15, 0.2) is 30.3 Å². The van der Waals surface area contributed by atoms with E-state index in [1.165, 1.54) is 69.6 Å². The summed E-state index contributed by atoms with van der Waals surface area (Å²) in [6, 6.07) is 5.08. The lowest BCUT2D eigenvalue weighted by molar-refractivity contribution is -0.137. The molecule has 1 amide bonds. The quantitative estimate of drug-likeness (QED) is 0.187. The number of carbonyl (C=O) groups is 1. The average Bonchev–Trinajstić information content (AvgIpc) is 2.75. The van der Waals surface area contributed by atoms with Crippen LogP contribution in [0.3, 0.4) is 0 Å². The van der Waals surface area contributed by atoms with Crippen LogP contribution in [0.2, 0.25) is 0 Å². The molecule has 0 bridgehead atoms. The van der Waals surface area contributed by atoms with Crippen molar-refractivity contribution < 1.29 is 18.0 Å². The first-order valence-electron chi connectivity index (χ1n) is 12.0. The fourth-order valence-electron chi connectivity index (χ4n) is 3.59. The second kappa shape index (κ2) is 15.9. The number of rotatable bonds is 16. The Balaban J connectivity index is 2.62. The van der Waals surface area contributed by atoms with E-state index in [4.69, 9.17) is 0 Å². The number of hydrogen-bond acceptors (Lipinski definition) is 1. The van der Waals surface area contributed by atoms with Crippen LogP contribution < -0.4 is 0 Å². The lowest BCUT2D eigenvalue weighted by Crippen LogP contribution is -2.31. The van der Waals surface area contributed by atoms with Gasteiger partial charge >= 0.3 is 6.18 Å². The molecular weight excluding hydrogens is 399 g/mol. The van der Waals surface area contributed by atoms with E-state index in [1.807, 2.05) is 4.90 Å². The molecule has 1 rings (SSSR count). The van der Waals surface area contributed by atoms with Crippen LogP contribution in [0, 0.1) is 0 Å². The Hall–Kier alpha value is -1.78. The fourth-order valence-corrected chi connectivity index (χ4v) is 3.59. The highest BCUT2D eigenvalue weighted by Gasteiger charge is 2.30. The van der Waals surface area contributed by atoms with E-state index in [9.17, 15) is 18.0 Å². The maximum absolute atomic E-state index is 12.9. The van der Waals surface area contributed by atoms with Crippen molar-refractivity contribution in [1.29, 1.82) is 0 Å². The summed E-state index contributed by atoms with van der Waals surface area (Å²) in [5, 5.41) is 0. The summed E-state index contributed by atoms with van der Waals surface area (Å²) in [5.74, 6) is -0.112. The van der Waals surface area contributed by atoms with Crippen molar-refractivity contribution in [3.63, 3.8) is 0 Å². The van der Waals surface area contributed by atoms with E-state index in [0.717, 1.165) is 37.8 Å². The highest BCUT2D eigenvalue weighted by atomic mass is 19.4. The van der Waals surface area contributed by atoms with Crippen molar-refractivity contribution in [3.05, 3.63) is 41.5 Å². The molecule has 0 aliphatic rings. The van der Waals surface area contributed by atoms with Crippen LogP contribution in [-0.2, 0) is 11.0 Å². The molecule has 0 spiro atoms. The van der Waals surface area contributed by atoms with Gasteiger partial charge in [0.15, 0.2) is 0 Å². The molecule has 31 heavy (non-hydrogen) atoms. The third-order valence-electron chi connectivity index (χ3n) is 5.51. The van der Waals surface area contributed by atoms with Crippen molar-refractivity contribution in [2.24, 2.45) is 0 Å². The molecule has 1 aromatic carbocycles. The first-order valence-corrected chi connectivity index (χ1v) is 12.0. The van der Waals surface area contributed by atoms with Gasteiger partial charge in [-0.1, -0.05) is 90.2 Å². The molecule has 0 radical (unpaired) electrons. The van der Waals surface area contributed by atoms with Crippen LogP contribution in [0.4, 0.5) is 13.2 Å². The van der Waals surface area contributed by atoms with Crippen LogP contribution in [-0.4, -0.2) is 23.9 Å². The minimum atomic E-state index is -4.38. The van der Waals surface area contributed by atoms with Crippen molar-refractivity contribution in [3.8, 4) is 0 Å². The van der Waals surface area contributed by atoms with Crippen molar-refractivity contribution >= 4 is 12.0 Å². The van der Waals surface area contributed by atoms with Gasteiger partial charge in [0.25, 0.3) is 0 Å². The molecule has 0 heterocycles. The zero-order chi connectivity index (χ0) is 23.0. The smallest absolute Gasteiger partial charge is 0.339 e. The van der Waals surface area contributed by atoms with Crippen molar-refractivity contribution in [2.75, 3.05) is 13.1 Å². The summed E-state index contributed by atoms with van der Waals surface area (Å²) in [6.07, 6.45) is 12.5. The lowest BCUT2D eigenvalue weighted by atomic mass is 10.1. The van der Waals surface area contributed by atoms with Gasteiger partial charge in [-0.3, -0.25) is 4.79 Å². The van der Waals surface area contributed by atoms with E-state index in [2.05, 4.69) is 13.8 Å². The fraction of sp³-hybridized carbons (Fsp3) is 0.654. The Kier molecular flexibility index (Phi) is 14.0. The highest BCUT2D eigenvalue weighted by molar-refractivity contribution is 5.91. The summed E-state index contributed by atoms with van der Waals surface area (Å²) in [5.41, 5.74) is -0.305. The Morgan fingerprint density at radius 1 is 0.839 bits per heavy atom. The topological polar surface area (TPSA) is 20.3 Å². The number of halogens is 3. The minimum Gasteiger partial charge on any atom is -0.339 e. The Morgan fingerprint density at radius 2 is 1.35 bits per heavy atom. The number of nitrogens with zero attached hydrogens (tertiary/aromatic N) is 1. The minimum absolute atomic E-state index is 0.112. The van der Waals surface area contributed by atoms with Crippen LogP contribution in [0.25, 0.3) is 6.08 Å². The maximum Gasteiger partial charge on any atom is 0.416 e. The largest absolute Gasteiger partial charge is 0.416 e. The highest BCUT2D eigenvalue weighted by Crippen LogP contribution is 2.29. The average molecular weight is 440 g/mol. The first kappa shape index (κ1) is 27.3. The van der Waals surface area contributed by atoms with Gasteiger partial charge in [-0.25, -0.2) is 0 Å². The Bertz CT molecular complexity index is 624. The molecule has 1 aromatic rings. The van der Waals surface area contributed by atoms with Crippen molar-refractivity contribution in [1.82, 2.24) is 4.90 Å². The molecule has 2 nitrogen and oxygen atoms in total. The second-order valence-corrected chi connectivity index (χ2v) is 8.32. The van der Waals surface area contributed by atoms with E-state index in [-0.39, 0.29) is 5.91 Å². The van der Waals surface area contributed by atoms with Crippen molar-refractivity contribution in [2.45, 2.75) is 97.1 Å². The van der Waals surface area contributed by atoms with Gasteiger partial charge in [-0.15, -0.1) is 0 Å². The SMILES string of the molecule is CCCCCCCCN(CCCCCCCC)C(=O)/C=C/c1cccc(C(F)(F)F)c1. The molecule has 0 aliphatic heterocycles. The number of alkyl halides is 3. The lowest BCUT2D eigenvalue weighted by Gasteiger charge is -2.21. The summed E-state index contributed by atoms with van der Waals surface area (Å²) >= 11 is 0. The zero-order valence-corrected chi connectivity index (χ0v) is 19.4. The van der Waals surface area contributed by atoms with Gasteiger partial charge in [0.2, 0.25) is 5.91 Å². The van der Waals surface area contributed by atoms with Gasteiger partial charge < -0.3 is 4.90 Å². The van der Waals surface area contributed by atoms with Gasteiger partial charge in [0.05, 0.1) is 5.56 Å². The van der Waals surface area contributed by atoms with Gasteiger partial charge in [0.1, 0.15) is 0 Å². The summed E-state index contributed by atoms with van der Waals surface area (Å²) in [7, 11) is 0. The molecule has 5 heteroatoms. The molecule has 0 unspecified atom stereocenters. The van der Waals surface area contributed by atoms with Gasteiger partial charge in [0, 0.05) is 19.2 Å². The molecule has 0 saturated carbocycles. The van der Waals surface area contributed by atoms with Crippen LogP contribution in [0.5, 0.6) is 0 Å². The molecule has 0 saturated heterocycles. The van der Waals surface area contributed by atoms with Crippen LogP contribution in [0.1, 0.15) is 102 Å². The standard InChI is InChI=1S/C26H40F3NO/c1-3-5-7-9-11-13-20-30(21-14-12-10-8-6-4-2)25(31)19-18-23-16-15-17-24(22-23)26(27,28)29/h15-19,22H,3-14,20-21H2,1-2H3/b19-18+. The predicted octanol–water partition coefficient (Wildman–Crippen LogP) is 8.27. The number of hydrogen-bond donors (Lipinski definition) is 0. The van der Waals surface area contributed by atoms with Gasteiger partial charge in [-0.2, -0.15) is 13.2 Å². The summed E-state index contributed by atoms with van der Waals surface area (Å²) in [6.45, 7) is 5.81. The summed E-state index contributed by atoms with van der Waals surface area (Å²) < 4.78 is 38.7. The number of unbranched alkanes of at least 4 members (excludes halogenated alkanes) is 10. The molecule has 176 valence electrons. The molecular formula is C26H40F3NO. The van der Waals surface area contributed by atoms with Crippen LogP contribution >= 0.6 is 0 Å². The maximum atomic E-state index is 12.9. The third-order valence-corrected chi connectivity index (χ3v) is 5.51. The molecule has 0 aliphatic carbocycles. The normalized spacial score (nSPS) is 11.9. The monoisotopic (exact) mass is 439 g/mol. The van der Waals surface area contributed by atoms with E-state index < -0.39 is 11.7 Å². The summed E-state index contributed by atoms with van der Waals surface area (Å²) in [4.78, 5) is 14.6. The van der Waals surface area contributed by atoms with Gasteiger partial charge in [-0.05, 0) is 36.6 Å².